The molecule has 4 aliphatic carbocycles. The molecule has 166 valence electrons. The molecule has 3 saturated carbocycles. The largest absolute Gasteiger partial charge is 0.393 e. The van der Waals surface area contributed by atoms with Gasteiger partial charge in [0.05, 0.1) is 6.10 Å². The molecule has 8 atom stereocenters. The second kappa shape index (κ2) is 8.04. The van der Waals surface area contributed by atoms with E-state index >= 15 is 0 Å². The Kier molecular flexibility index (Phi) is 6.14. The number of ketones is 2. The fraction of sp³-hybridized carbons (Fsp3) is 0.708. The number of hydrogen-bond acceptors (Lipinski definition) is 5. The summed E-state index contributed by atoms with van der Waals surface area (Å²) in [7, 11) is 0. The Labute approximate surface area is 178 Å². The number of aliphatic hydroxyl groups excluding tert-OH is 2. The van der Waals surface area contributed by atoms with Crippen molar-refractivity contribution in [3.8, 4) is 0 Å². The lowest BCUT2D eigenvalue weighted by Crippen LogP contribution is -2.56. The van der Waals surface area contributed by atoms with Gasteiger partial charge in [0.15, 0.2) is 11.6 Å². The van der Waals surface area contributed by atoms with E-state index in [1.165, 1.54) is 6.92 Å². The molecule has 3 fully saturated rings. The number of aliphatic hydroxyl groups is 2. The summed E-state index contributed by atoms with van der Waals surface area (Å²) in [6.07, 6.45) is 8.39. The predicted octanol–water partition coefficient (Wildman–Crippen LogP) is 2.18. The van der Waals surface area contributed by atoms with Crippen molar-refractivity contribution < 1.29 is 24.6 Å². The van der Waals surface area contributed by atoms with Crippen LogP contribution in [0.5, 0.6) is 0 Å². The maximum Gasteiger partial charge on any atom is 0.214 e. The number of carbonyl (C=O) groups is 3. The average Bonchev–Trinajstić information content (AvgIpc) is 2.90. The third kappa shape index (κ3) is 3.58. The molecule has 6 heteroatoms. The van der Waals surface area contributed by atoms with Gasteiger partial charge in [0.2, 0.25) is 5.91 Å². The highest BCUT2D eigenvalue weighted by Gasteiger charge is 2.64. The van der Waals surface area contributed by atoms with Crippen molar-refractivity contribution in [1.29, 1.82) is 0 Å². The zero-order chi connectivity index (χ0) is 22.4. The summed E-state index contributed by atoms with van der Waals surface area (Å²) in [5.74, 6) is 0.553. The Bertz CT molecular complexity index is 797. The topological polar surface area (TPSA) is 118 Å². The summed E-state index contributed by atoms with van der Waals surface area (Å²) in [6, 6.07) is 0. The SMILES string of the molecule is CC(N)=O.CC1CC2C3CCC4=CC(=O)C=C[C@]4(C)C3C(O)C[C@]2(C)C1C(=O)CO. The Morgan fingerprint density at radius 1 is 1.30 bits per heavy atom. The highest BCUT2D eigenvalue weighted by molar-refractivity contribution is 6.01. The third-order valence-corrected chi connectivity index (χ3v) is 8.34. The zero-order valence-corrected chi connectivity index (χ0v) is 18.4. The molecule has 1 amide bonds. The van der Waals surface area contributed by atoms with Gasteiger partial charge < -0.3 is 15.9 Å². The second-order valence-electron chi connectivity index (χ2n) is 10.2. The minimum Gasteiger partial charge on any atom is -0.393 e. The lowest BCUT2D eigenvalue weighted by Gasteiger charge is -2.58. The summed E-state index contributed by atoms with van der Waals surface area (Å²) < 4.78 is 0. The van der Waals surface area contributed by atoms with Gasteiger partial charge in [-0.15, -0.1) is 0 Å². The molecule has 4 aliphatic rings. The van der Waals surface area contributed by atoms with Crippen molar-refractivity contribution >= 4 is 17.5 Å². The van der Waals surface area contributed by atoms with E-state index in [0.29, 0.717) is 18.3 Å². The Morgan fingerprint density at radius 3 is 2.53 bits per heavy atom. The molecule has 0 aliphatic heterocycles. The predicted molar refractivity (Wildman–Crippen MR) is 113 cm³/mol. The number of Topliss-reactive ketones (excluding diaryl/α,β-unsaturated/α-hetero) is 1. The van der Waals surface area contributed by atoms with E-state index in [4.69, 9.17) is 0 Å². The number of carbonyl (C=O) groups excluding carboxylic acids is 3. The van der Waals surface area contributed by atoms with E-state index in [9.17, 15) is 24.6 Å². The molecular weight excluding hydrogens is 382 g/mol. The first kappa shape index (κ1) is 22.9. The third-order valence-electron chi connectivity index (χ3n) is 8.34. The van der Waals surface area contributed by atoms with Gasteiger partial charge in [-0.2, -0.15) is 0 Å². The van der Waals surface area contributed by atoms with Crippen molar-refractivity contribution in [3.63, 3.8) is 0 Å². The second-order valence-corrected chi connectivity index (χ2v) is 10.2. The summed E-state index contributed by atoms with van der Waals surface area (Å²) in [5, 5.41) is 20.7. The van der Waals surface area contributed by atoms with Gasteiger partial charge in [0, 0.05) is 24.2 Å². The van der Waals surface area contributed by atoms with E-state index in [-0.39, 0.29) is 46.1 Å². The molecule has 30 heavy (non-hydrogen) atoms. The van der Waals surface area contributed by atoms with Crippen molar-refractivity contribution in [2.75, 3.05) is 6.61 Å². The standard InChI is InChI=1S/C22H30O4.C2H5NO/c1-12-8-16-15-5-4-13-9-14(24)6-7-21(13,2)20(15)17(25)10-22(16,3)19(12)18(26)11-23;1-2(3)4/h6-7,9,12,15-17,19-20,23,25H,4-5,8,10-11H2,1-3H3;1H3,(H2,3,4)/t12?,15?,16?,17?,19?,20?,21-,22-;/m0./s1. The van der Waals surface area contributed by atoms with Gasteiger partial charge in [0.25, 0.3) is 0 Å². The first-order valence-corrected chi connectivity index (χ1v) is 11.0. The minimum absolute atomic E-state index is 0.0501. The maximum absolute atomic E-state index is 12.5. The van der Waals surface area contributed by atoms with Crippen LogP contribution in [0.1, 0.15) is 53.4 Å². The van der Waals surface area contributed by atoms with Crippen LogP contribution in [0.2, 0.25) is 0 Å². The van der Waals surface area contributed by atoms with Crippen LogP contribution >= 0.6 is 0 Å². The Balaban J connectivity index is 0.000000589. The molecular formula is C24H35NO5. The molecule has 0 spiro atoms. The average molecular weight is 418 g/mol. The van der Waals surface area contributed by atoms with Crippen LogP contribution in [0.4, 0.5) is 0 Å². The molecule has 0 heterocycles. The smallest absolute Gasteiger partial charge is 0.214 e. The van der Waals surface area contributed by atoms with Crippen LogP contribution in [-0.4, -0.2) is 40.4 Å². The van der Waals surface area contributed by atoms with Crippen LogP contribution in [0, 0.1) is 40.4 Å². The van der Waals surface area contributed by atoms with Gasteiger partial charge in [0.1, 0.15) is 6.61 Å². The van der Waals surface area contributed by atoms with Gasteiger partial charge in [-0.25, -0.2) is 0 Å². The Morgan fingerprint density at radius 2 is 1.93 bits per heavy atom. The van der Waals surface area contributed by atoms with E-state index in [1.807, 2.05) is 6.08 Å². The number of amides is 1. The molecule has 6 nitrogen and oxygen atoms in total. The minimum atomic E-state index is -0.493. The number of nitrogens with two attached hydrogens (primary N) is 1. The van der Waals surface area contributed by atoms with Crippen LogP contribution < -0.4 is 5.73 Å². The van der Waals surface area contributed by atoms with Gasteiger partial charge >= 0.3 is 0 Å². The maximum atomic E-state index is 12.5. The van der Waals surface area contributed by atoms with E-state index in [1.54, 1.807) is 12.2 Å². The summed E-state index contributed by atoms with van der Waals surface area (Å²) in [5.41, 5.74) is 5.12. The lowest BCUT2D eigenvalue weighted by molar-refractivity contribution is -0.142. The molecule has 4 N–H and O–H groups in total. The molecule has 0 aromatic heterocycles. The van der Waals surface area contributed by atoms with Gasteiger partial charge in [-0.3, -0.25) is 14.4 Å². The van der Waals surface area contributed by atoms with Crippen molar-refractivity contribution in [1.82, 2.24) is 0 Å². The fourth-order valence-corrected chi connectivity index (χ4v) is 7.48. The van der Waals surface area contributed by atoms with E-state index in [2.05, 4.69) is 26.5 Å². The molecule has 0 bridgehead atoms. The number of fused-ring (bicyclic) bond motifs is 5. The van der Waals surface area contributed by atoms with E-state index in [0.717, 1.165) is 24.8 Å². The van der Waals surface area contributed by atoms with Crippen molar-refractivity contribution in [3.05, 3.63) is 23.8 Å². The first-order valence-electron chi connectivity index (χ1n) is 11.0. The normalized spacial score (nSPS) is 44.1. The quantitative estimate of drug-likeness (QED) is 0.636. The van der Waals surface area contributed by atoms with Crippen LogP contribution in [-0.2, 0) is 14.4 Å². The van der Waals surface area contributed by atoms with Crippen LogP contribution in [0.3, 0.4) is 0 Å². The van der Waals surface area contributed by atoms with E-state index < -0.39 is 12.7 Å². The highest BCUT2D eigenvalue weighted by Crippen LogP contribution is 2.67. The van der Waals surface area contributed by atoms with Crippen molar-refractivity contribution in [2.24, 2.45) is 46.2 Å². The molecule has 0 aromatic carbocycles. The Hall–Kier alpha value is -1.79. The van der Waals surface area contributed by atoms with Crippen molar-refractivity contribution in [2.45, 2.75) is 59.5 Å². The monoisotopic (exact) mass is 417 g/mol. The molecule has 6 unspecified atom stereocenters. The summed E-state index contributed by atoms with van der Waals surface area (Å²) >= 11 is 0. The molecule has 0 saturated heterocycles. The summed E-state index contributed by atoms with van der Waals surface area (Å²) in [4.78, 5) is 33.6. The first-order chi connectivity index (χ1) is 14.0. The van der Waals surface area contributed by atoms with Gasteiger partial charge in [-0.05, 0) is 61.0 Å². The zero-order valence-electron chi connectivity index (χ0n) is 18.4. The number of hydrogen-bond donors (Lipinski definition) is 3. The van der Waals surface area contributed by atoms with Crippen LogP contribution in [0.15, 0.2) is 23.8 Å². The summed E-state index contributed by atoms with van der Waals surface area (Å²) in [6.45, 7) is 7.35. The van der Waals surface area contributed by atoms with Gasteiger partial charge in [-0.1, -0.05) is 32.4 Å². The number of primary amides is 1. The molecule has 0 aromatic rings. The molecule has 0 radical (unpaired) electrons. The highest BCUT2D eigenvalue weighted by atomic mass is 16.3. The molecule has 4 rings (SSSR count). The lowest BCUT2D eigenvalue weighted by atomic mass is 9.46. The fourth-order valence-electron chi connectivity index (χ4n) is 7.48. The number of rotatable bonds is 2. The van der Waals surface area contributed by atoms with Crippen LogP contribution in [0.25, 0.3) is 0 Å². The number of allylic oxidation sites excluding steroid dienone is 4.